The quantitative estimate of drug-likeness (QED) is 0.231. The van der Waals surface area contributed by atoms with Gasteiger partial charge in [-0.2, -0.15) is 5.10 Å². The summed E-state index contributed by atoms with van der Waals surface area (Å²) < 4.78 is 10.1. The first kappa shape index (κ1) is 18.5. The third kappa shape index (κ3) is 4.67. The molecule has 3 aromatic rings. The van der Waals surface area contributed by atoms with Gasteiger partial charge in [0.25, 0.3) is 11.6 Å². The molecule has 2 aromatic carbocycles. The molecule has 140 valence electrons. The van der Waals surface area contributed by atoms with Crippen molar-refractivity contribution in [2.45, 2.75) is 0 Å². The van der Waals surface area contributed by atoms with Crippen LogP contribution in [0.5, 0.6) is 5.75 Å². The van der Waals surface area contributed by atoms with Crippen LogP contribution in [0.15, 0.2) is 76.4 Å². The first-order valence-corrected chi connectivity index (χ1v) is 7.96. The van der Waals surface area contributed by atoms with E-state index in [0.29, 0.717) is 11.3 Å². The van der Waals surface area contributed by atoms with Gasteiger partial charge in [0.15, 0.2) is 0 Å². The van der Waals surface area contributed by atoms with Crippen LogP contribution in [0.25, 0.3) is 0 Å². The van der Waals surface area contributed by atoms with Crippen molar-refractivity contribution >= 4 is 23.8 Å². The van der Waals surface area contributed by atoms with Crippen molar-refractivity contribution < 1.29 is 23.7 Å². The van der Waals surface area contributed by atoms with Crippen LogP contribution in [0.1, 0.15) is 26.5 Å². The molecule has 1 aromatic heterocycles. The van der Waals surface area contributed by atoms with Gasteiger partial charge in [-0.05, 0) is 48.0 Å². The molecule has 0 spiro atoms. The molecule has 9 nitrogen and oxygen atoms in total. The van der Waals surface area contributed by atoms with E-state index in [1.807, 2.05) is 0 Å². The van der Waals surface area contributed by atoms with Gasteiger partial charge in [0.05, 0.1) is 17.4 Å². The number of hydrogen-bond donors (Lipinski definition) is 1. The highest BCUT2D eigenvalue weighted by molar-refractivity contribution is 5.95. The third-order valence-electron chi connectivity index (χ3n) is 3.51. The first-order valence-electron chi connectivity index (χ1n) is 7.96. The van der Waals surface area contributed by atoms with Gasteiger partial charge in [-0.1, -0.05) is 6.07 Å². The molecule has 3 rings (SSSR count). The highest BCUT2D eigenvalue weighted by Gasteiger charge is 2.12. The number of carbonyl (C=O) groups is 2. The van der Waals surface area contributed by atoms with Crippen LogP contribution >= 0.6 is 0 Å². The number of benzene rings is 2. The lowest BCUT2D eigenvalue weighted by molar-refractivity contribution is -0.384. The summed E-state index contributed by atoms with van der Waals surface area (Å²) in [6.45, 7) is 0. The van der Waals surface area contributed by atoms with Crippen LogP contribution in [0.2, 0.25) is 0 Å². The summed E-state index contributed by atoms with van der Waals surface area (Å²) >= 11 is 0. The Hall–Kier alpha value is -4.27. The predicted octanol–water partition coefficient (Wildman–Crippen LogP) is 3.17. The van der Waals surface area contributed by atoms with Crippen LogP contribution in [0, 0.1) is 10.1 Å². The van der Waals surface area contributed by atoms with Crippen LogP contribution in [0.3, 0.4) is 0 Å². The second-order valence-electron chi connectivity index (χ2n) is 5.44. The molecule has 0 atom stereocenters. The molecule has 1 amide bonds. The van der Waals surface area contributed by atoms with Crippen molar-refractivity contribution in [1.82, 2.24) is 5.43 Å². The lowest BCUT2D eigenvalue weighted by Crippen LogP contribution is -2.17. The zero-order chi connectivity index (χ0) is 19.9. The van der Waals surface area contributed by atoms with Gasteiger partial charge >= 0.3 is 5.97 Å². The summed E-state index contributed by atoms with van der Waals surface area (Å²) in [4.78, 5) is 33.9. The minimum absolute atomic E-state index is 0.0921. The van der Waals surface area contributed by atoms with E-state index < -0.39 is 16.8 Å². The summed E-state index contributed by atoms with van der Waals surface area (Å²) in [5, 5.41) is 14.6. The Bertz CT molecular complexity index is 1030. The van der Waals surface area contributed by atoms with Crippen molar-refractivity contribution in [3.05, 3.63) is 93.9 Å². The molecule has 9 heteroatoms. The molecule has 0 aliphatic carbocycles. The Kier molecular flexibility index (Phi) is 5.56. The molecule has 28 heavy (non-hydrogen) atoms. The maximum atomic E-state index is 12.0. The molecule has 1 heterocycles. The molecular weight excluding hydrogens is 366 g/mol. The van der Waals surface area contributed by atoms with E-state index in [4.69, 9.17) is 9.15 Å². The summed E-state index contributed by atoms with van der Waals surface area (Å²) in [5.74, 6) is -0.784. The van der Waals surface area contributed by atoms with E-state index in [1.165, 1.54) is 36.7 Å². The van der Waals surface area contributed by atoms with Crippen molar-refractivity contribution in [1.29, 1.82) is 0 Å². The number of ether oxygens (including phenoxy) is 1. The van der Waals surface area contributed by atoms with E-state index in [0.717, 1.165) is 6.07 Å². The molecule has 0 aliphatic heterocycles. The molecule has 0 fully saturated rings. The number of hydrazone groups is 1. The van der Waals surface area contributed by atoms with Crippen molar-refractivity contribution in [2.75, 3.05) is 0 Å². The number of nitro groups is 1. The van der Waals surface area contributed by atoms with Gasteiger partial charge < -0.3 is 9.15 Å². The molecule has 0 unspecified atom stereocenters. The molecule has 0 saturated heterocycles. The number of hydrogen-bond acceptors (Lipinski definition) is 7. The largest absolute Gasteiger partial charge is 0.457 e. The van der Waals surface area contributed by atoms with Gasteiger partial charge in [-0.15, -0.1) is 0 Å². The molecule has 0 radical (unpaired) electrons. The van der Waals surface area contributed by atoms with Gasteiger partial charge in [0, 0.05) is 17.7 Å². The SMILES string of the molecule is O=C(N/N=C/c1ccc(OC(=O)c2ccco2)cc1)c1cccc([N+](=O)[O-])c1. The van der Waals surface area contributed by atoms with Crippen LogP contribution in [-0.2, 0) is 0 Å². The number of amides is 1. The molecule has 0 saturated carbocycles. The zero-order valence-electron chi connectivity index (χ0n) is 14.3. The highest BCUT2D eigenvalue weighted by Crippen LogP contribution is 2.14. The Morgan fingerprint density at radius 2 is 1.89 bits per heavy atom. The van der Waals surface area contributed by atoms with Gasteiger partial charge in [-0.3, -0.25) is 14.9 Å². The first-order chi connectivity index (χ1) is 13.5. The third-order valence-corrected chi connectivity index (χ3v) is 3.51. The van der Waals surface area contributed by atoms with E-state index >= 15 is 0 Å². The second kappa shape index (κ2) is 8.41. The van der Waals surface area contributed by atoms with Gasteiger partial charge in [-0.25, -0.2) is 10.2 Å². The average Bonchev–Trinajstić information content (AvgIpc) is 3.24. The summed E-state index contributed by atoms with van der Waals surface area (Å²) in [7, 11) is 0. The van der Waals surface area contributed by atoms with Crippen LogP contribution in [0.4, 0.5) is 5.69 Å². The van der Waals surface area contributed by atoms with Crippen molar-refractivity contribution in [3.63, 3.8) is 0 Å². The minimum Gasteiger partial charge on any atom is -0.457 e. The number of nitrogens with one attached hydrogen (secondary N) is 1. The van der Waals surface area contributed by atoms with Gasteiger partial charge in [0.2, 0.25) is 5.76 Å². The standard InChI is InChI=1S/C19H13N3O6/c23-18(14-3-1-4-15(11-14)22(25)26)21-20-12-13-6-8-16(9-7-13)28-19(24)17-5-2-10-27-17/h1-12H,(H,21,23)/b20-12+. The Morgan fingerprint density at radius 3 is 2.57 bits per heavy atom. The topological polar surface area (TPSA) is 124 Å². The fraction of sp³-hybridized carbons (Fsp3) is 0. The Labute approximate surface area is 158 Å². The monoisotopic (exact) mass is 379 g/mol. The predicted molar refractivity (Wildman–Crippen MR) is 98.3 cm³/mol. The second-order valence-corrected chi connectivity index (χ2v) is 5.44. The van der Waals surface area contributed by atoms with Crippen molar-refractivity contribution in [2.24, 2.45) is 5.10 Å². The normalized spacial score (nSPS) is 10.6. The van der Waals surface area contributed by atoms with E-state index in [1.54, 1.807) is 30.3 Å². The average molecular weight is 379 g/mol. The summed E-state index contributed by atoms with van der Waals surface area (Å²) in [6, 6.07) is 14.8. The Morgan fingerprint density at radius 1 is 1.11 bits per heavy atom. The minimum atomic E-state index is -0.615. The fourth-order valence-electron chi connectivity index (χ4n) is 2.16. The number of nitrogens with zero attached hydrogens (tertiary/aromatic N) is 2. The number of non-ortho nitro benzene ring substituents is 1. The maximum absolute atomic E-state index is 12.0. The van der Waals surface area contributed by atoms with E-state index in [9.17, 15) is 19.7 Å². The van der Waals surface area contributed by atoms with Crippen LogP contribution < -0.4 is 10.2 Å². The van der Waals surface area contributed by atoms with E-state index in [2.05, 4.69) is 10.5 Å². The number of nitro benzene ring substituents is 1. The van der Waals surface area contributed by atoms with Gasteiger partial charge in [0.1, 0.15) is 5.75 Å². The summed E-state index contributed by atoms with van der Waals surface area (Å²) in [5.41, 5.74) is 2.86. The Balaban J connectivity index is 1.57. The lowest BCUT2D eigenvalue weighted by atomic mass is 10.2. The molecule has 0 aliphatic rings. The maximum Gasteiger partial charge on any atom is 0.379 e. The molecule has 1 N–H and O–H groups in total. The van der Waals surface area contributed by atoms with Crippen LogP contribution in [-0.4, -0.2) is 23.0 Å². The highest BCUT2D eigenvalue weighted by atomic mass is 16.6. The molecular formula is C19H13N3O6. The zero-order valence-corrected chi connectivity index (χ0v) is 14.3. The molecule has 0 bridgehead atoms. The number of carbonyl (C=O) groups excluding carboxylic acids is 2. The lowest BCUT2D eigenvalue weighted by Gasteiger charge is -2.02. The summed E-state index contributed by atoms with van der Waals surface area (Å²) in [6.07, 6.45) is 2.76. The fourth-order valence-corrected chi connectivity index (χ4v) is 2.16. The smallest absolute Gasteiger partial charge is 0.379 e. The van der Waals surface area contributed by atoms with Crippen molar-refractivity contribution in [3.8, 4) is 5.75 Å². The van der Waals surface area contributed by atoms with E-state index in [-0.39, 0.29) is 17.0 Å². The number of furan rings is 1. The number of esters is 1. The number of rotatable bonds is 6.